The molecular weight excluding hydrogens is 286 g/mol. The summed E-state index contributed by atoms with van der Waals surface area (Å²) in [5.41, 5.74) is 4.31. The van der Waals surface area contributed by atoms with Crippen LogP contribution in [0.3, 0.4) is 0 Å². The monoisotopic (exact) mass is 325 g/mol. The highest BCUT2D eigenvalue weighted by atomic mass is 29.2. The number of rotatable bonds is 6. The van der Waals surface area contributed by atoms with Crippen molar-refractivity contribution in [2.24, 2.45) is 0 Å². The number of allylic oxidation sites excluding steroid dienone is 1. The van der Waals surface area contributed by atoms with Gasteiger partial charge in [0, 0.05) is 14.4 Å². The van der Waals surface area contributed by atoms with E-state index >= 15 is 0 Å². The summed E-state index contributed by atoms with van der Waals surface area (Å²) in [7, 11) is -1.96. The molecule has 0 amide bonds. The predicted octanol–water partition coefficient (Wildman–Crippen LogP) is 5.23. The van der Waals surface area contributed by atoms with Gasteiger partial charge in [-0.25, -0.2) is 0 Å². The first kappa shape index (κ1) is 19.2. The second-order valence-corrected chi connectivity index (χ2v) is 21.9. The van der Waals surface area contributed by atoms with Crippen LogP contribution in [0.5, 0.6) is 0 Å². The van der Waals surface area contributed by atoms with E-state index in [1.54, 1.807) is 5.57 Å². The van der Waals surface area contributed by atoms with Crippen LogP contribution in [0.1, 0.15) is 66.7 Å². The lowest BCUT2D eigenvalue weighted by Gasteiger charge is -2.45. The third-order valence-corrected chi connectivity index (χ3v) is 22.7. The van der Waals surface area contributed by atoms with Gasteiger partial charge in [-0.05, 0) is 44.3 Å². The van der Waals surface area contributed by atoms with Gasteiger partial charge in [0.1, 0.15) is 0 Å². The van der Waals surface area contributed by atoms with Gasteiger partial charge in [0.2, 0.25) is 0 Å². The van der Waals surface area contributed by atoms with E-state index in [9.17, 15) is 0 Å². The predicted molar refractivity (Wildman–Crippen MR) is 103 cm³/mol. The van der Waals surface area contributed by atoms with Gasteiger partial charge in [-0.3, -0.25) is 0 Å². The average molecular weight is 326 g/mol. The molecule has 0 saturated heterocycles. The van der Waals surface area contributed by atoms with E-state index < -0.39 is 15.9 Å². The molecule has 0 bridgehead atoms. The molecule has 0 spiro atoms. The zero-order chi connectivity index (χ0) is 16.1. The Morgan fingerprint density at radius 2 is 1.71 bits per heavy atom. The summed E-state index contributed by atoms with van der Waals surface area (Å²) in [5.74, 6) is 0. The van der Waals surface area contributed by atoms with E-state index in [1.165, 1.54) is 44.7 Å². The first-order chi connectivity index (χ1) is 9.69. The van der Waals surface area contributed by atoms with Crippen LogP contribution < -0.4 is 5.32 Å². The Morgan fingerprint density at radius 3 is 2.14 bits per heavy atom. The Hall–Kier alpha value is 0.134. The molecule has 1 rings (SSSR count). The van der Waals surface area contributed by atoms with Crippen molar-refractivity contribution >= 4 is 15.9 Å². The van der Waals surface area contributed by atoms with Crippen molar-refractivity contribution in [2.45, 2.75) is 96.9 Å². The standard InChI is InChI=1S/C18H39NSi2/c1-16(2)15-21(20(6)7,18(3,4)5)14-13-19-17-11-9-8-10-12-17/h15,17,19-20H,8-14H2,1-7H3. The van der Waals surface area contributed by atoms with E-state index in [2.05, 4.69) is 58.7 Å². The van der Waals surface area contributed by atoms with E-state index in [-0.39, 0.29) is 0 Å². The van der Waals surface area contributed by atoms with Gasteiger partial charge < -0.3 is 5.32 Å². The molecule has 0 aromatic carbocycles. The molecule has 21 heavy (non-hydrogen) atoms. The van der Waals surface area contributed by atoms with Crippen molar-refractivity contribution < 1.29 is 0 Å². The van der Waals surface area contributed by atoms with Crippen molar-refractivity contribution in [3.8, 4) is 0 Å². The third kappa shape index (κ3) is 5.36. The molecule has 1 aliphatic carbocycles. The van der Waals surface area contributed by atoms with Gasteiger partial charge in [-0.1, -0.05) is 64.4 Å². The van der Waals surface area contributed by atoms with Crippen molar-refractivity contribution in [1.29, 1.82) is 0 Å². The Morgan fingerprint density at radius 1 is 1.14 bits per heavy atom. The lowest BCUT2D eigenvalue weighted by atomic mass is 9.96. The normalized spacial score (nSPS) is 20.4. The largest absolute Gasteiger partial charge is 0.314 e. The van der Waals surface area contributed by atoms with Gasteiger partial charge in [0.25, 0.3) is 0 Å². The molecule has 0 heterocycles. The van der Waals surface area contributed by atoms with Gasteiger partial charge >= 0.3 is 0 Å². The number of hydrogen-bond donors (Lipinski definition) is 1. The lowest BCUT2D eigenvalue weighted by Crippen LogP contribution is -2.55. The summed E-state index contributed by atoms with van der Waals surface area (Å²) in [5, 5.41) is 4.40. The molecule has 124 valence electrons. The molecule has 0 aliphatic heterocycles. The Balaban J connectivity index is 2.74. The maximum atomic E-state index is 3.90. The van der Waals surface area contributed by atoms with Crippen LogP contribution >= 0.6 is 0 Å². The molecule has 1 unspecified atom stereocenters. The topological polar surface area (TPSA) is 12.0 Å². The van der Waals surface area contributed by atoms with Crippen LogP contribution in [0.25, 0.3) is 0 Å². The second kappa shape index (κ2) is 8.12. The summed E-state index contributed by atoms with van der Waals surface area (Å²) in [6.07, 6.45) is 7.14. The molecule has 1 fully saturated rings. The summed E-state index contributed by atoms with van der Waals surface area (Å²) < 4.78 is 0. The Labute approximate surface area is 136 Å². The summed E-state index contributed by atoms with van der Waals surface area (Å²) in [6.45, 7) is 18.6. The van der Waals surface area contributed by atoms with Crippen LogP contribution in [-0.4, -0.2) is 28.5 Å². The van der Waals surface area contributed by atoms with Crippen LogP contribution in [0.2, 0.25) is 24.2 Å². The minimum atomic E-state index is -1.31. The molecule has 1 N–H and O–H groups in total. The van der Waals surface area contributed by atoms with Crippen molar-refractivity contribution in [3.63, 3.8) is 0 Å². The fraction of sp³-hybridized carbons (Fsp3) is 0.889. The fourth-order valence-electron chi connectivity index (χ4n) is 4.29. The summed E-state index contributed by atoms with van der Waals surface area (Å²) in [6, 6.07) is 2.26. The summed E-state index contributed by atoms with van der Waals surface area (Å²) >= 11 is 0. The SMILES string of the molecule is CC(C)=C[Si](CCNC1CCCCC1)([SiH](C)C)C(C)(C)C. The molecule has 1 atom stereocenters. The molecule has 0 aromatic rings. The van der Waals surface area contributed by atoms with E-state index in [0.717, 1.165) is 6.04 Å². The van der Waals surface area contributed by atoms with E-state index in [4.69, 9.17) is 0 Å². The van der Waals surface area contributed by atoms with Gasteiger partial charge in [0.15, 0.2) is 0 Å². The molecular formula is C18H39NSi2. The minimum absolute atomic E-state index is 0.499. The van der Waals surface area contributed by atoms with E-state index in [0.29, 0.717) is 5.04 Å². The van der Waals surface area contributed by atoms with Crippen LogP contribution in [-0.2, 0) is 0 Å². The van der Waals surface area contributed by atoms with Gasteiger partial charge in [0.05, 0.1) is 7.59 Å². The van der Waals surface area contributed by atoms with E-state index in [1.807, 2.05) is 0 Å². The van der Waals surface area contributed by atoms with Crippen molar-refractivity contribution in [3.05, 3.63) is 11.3 Å². The number of hydrogen-bond acceptors (Lipinski definition) is 1. The first-order valence-electron chi connectivity index (χ1n) is 9.08. The smallest absolute Gasteiger partial charge is 0.0732 e. The minimum Gasteiger partial charge on any atom is -0.314 e. The lowest BCUT2D eigenvalue weighted by molar-refractivity contribution is 0.379. The zero-order valence-electron chi connectivity index (χ0n) is 15.7. The van der Waals surface area contributed by atoms with Crippen LogP contribution in [0.4, 0.5) is 0 Å². The highest BCUT2D eigenvalue weighted by Gasteiger charge is 2.44. The summed E-state index contributed by atoms with van der Waals surface area (Å²) in [4.78, 5) is 0. The molecule has 3 heteroatoms. The second-order valence-electron chi connectivity index (χ2n) is 8.71. The van der Waals surface area contributed by atoms with Crippen molar-refractivity contribution in [1.82, 2.24) is 5.32 Å². The highest BCUT2D eigenvalue weighted by Crippen LogP contribution is 2.42. The zero-order valence-corrected chi connectivity index (χ0v) is 17.8. The third-order valence-electron chi connectivity index (χ3n) is 5.55. The number of nitrogens with one attached hydrogen (secondary N) is 1. The molecule has 1 saturated carbocycles. The Bertz CT molecular complexity index is 334. The fourth-order valence-corrected chi connectivity index (χ4v) is 19.2. The van der Waals surface area contributed by atoms with Crippen LogP contribution in [0, 0.1) is 0 Å². The maximum Gasteiger partial charge on any atom is 0.0732 e. The first-order valence-corrected chi connectivity index (χ1v) is 15.5. The van der Waals surface area contributed by atoms with Crippen molar-refractivity contribution in [2.75, 3.05) is 6.54 Å². The molecule has 0 aromatic heterocycles. The average Bonchev–Trinajstić information content (AvgIpc) is 2.36. The molecule has 1 aliphatic rings. The van der Waals surface area contributed by atoms with Gasteiger partial charge in [-0.15, -0.1) is 0 Å². The van der Waals surface area contributed by atoms with Crippen LogP contribution in [0.15, 0.2) is 11.3 Å². The highest BCUT2D eigenvalue weighted by molar-refractivity contribution is 7.36. The maximum absolute atomic E-state index is 3.90. The molecule has 1 nitrogen and oxygen atoms in total. The molecule has 0 radical (unpaired) electrons. The van der Waals surface area contributed by atoms with Gasteiger partial charge in [-0.2, -0.15) is 0 Å². The quantitative estimate of drug-likeness (QED) is 0.659. The Kier molecular flexibility index (Phi) is 7.41.